The van der Waals surface area contributed by atoms with Crippen molar-refractivity contribution in [3.63, 3.8) is 0 Å². The molecule has 0 spiro atoms. The second kappa shape index (κ2) is 3.66. The maximum atomic E-state index is 4.83. The van der Waals surface area contributed by atoms with Gasteiger partial charge in [0, 0.05) is 0 Å². The van der Waals surface area contributed by atoms with Crippen LogP contribution >= 0.6 is 11.3 Å². The fraction of sp³-hybridized carbons (Fsp3) is 0.667. The molecule has 0 radical (unpaired) electrons. The van der Waals surface area contributed by atoms with E-state index in [4.69, 9.17) is 4.98 Å². The van der Waals surface area contributed by atoms with E-state index in [0.717, 1.165) is 0 Å². The Morgan fingerprint density at radius 1 is 1.23 bits per heavy atom. The van der Waals surface area contributed by atoms with Crippen LogP contribution in [0.1, 0.15) is 0 Å². The van der Waals surface area contributed by atoms with Crippen molar-refractivity contribution in [1.82, 2.24) is 4.98 Å². The molecule has 0 saturated carbocycles. The number of hydrogen-bond acceptors (Lipinski definition) is 2. The predicted molar refractivity (Wildman–Crippen MR) is 68.1 cm³/mol. The third kappa shape index (κ3) is 3.06. The third-order valence-electron chi connectivity index (χ3n) is 1.91. The topological polar surface area (TPSA) is 12.9 Å². The summed E-state index contributed by atoms with van der Waals surface area (Å²) in [4.78, 5) is 12.1. The summed E-state index contributed by atoms with van der Waals surface area (Å²) >= 11 is 0.0140. The number of thiazole rings is 1. The van der Waals surface area contributed by atoms with Crippen LogP contribution in [-0.4, -0.2) is 31.4 Å². The van der Waals surface area contributed by atoms with Gasteiger partial charge in [-0.25, -0.2) is 0 Å². The molecule has 1 aromatic rings. The average molecular weight is 320 g/mol. The van der Waals surface area contributed by atoms with Crippen LogP contribution in [0, 0.1) is 0 Å². The zero-order valence-corrected chi connectivity index (χ0v) is 14.1. The van der Waals surface area contributed by atoms with Crippen LogP contribution in [0.2, 0.25) is 34.5 Å². The monoisotopic (exact) mass is 321 g/mol. The predicted octanol–water partition coefficient (Wildman–Crippen LogP) is 2.23. The number of rotatable bonds is 2. The van der Waals surface area contributed by atoms with Gasteiger partial charge >= 0.3 is 91.0 Å². The SMILES string of the molecule is C[Si](C)(C)c1n[c]([Sn]([CH3])([CH3])[CH3])cs1. The number of aromatic nitrogens is 1. The molecule has 0 aromatic carbocycles. The van der Waals surface area contributed by atoms with Crippen molar-refractivity contribution in [1.29, 1.82) is 0 Å². The molecule has 0 atom stereocenters. The minimum absolute atomic E-state index is 1.15. The molecule has 0 fully saturated rings. The van der Waals surface area contributed by atoms with Gasteiger partial charge in [0.15, 0.2) is 0 Å². The summed E-state index contributed by atoms with van der Waals surface area (Å²) < 4.78 is 2.88. The molecule has 0 aliphatic heterocycles. The van der Waals surface area contributed by atoms with Gasteiger partial charge in [-0.1, -0.05) is 0 Å². The molecule has 0 aliphatic carbocycles. The van der Waals surface area contributed by atoms with Crippen LogP contribution in [-0.2, 0) is 0 Å². The summed E-state index contributed by atoms with van der Waals surface area (Å²) in [6.45, 7) is 7.11. The first-order valence-electron chi connectivity index (χ1n) is 4.68. The Morgan fingerprint density at radius 2 is 1.77 bits per heavy atom. The molecule has 13 heavy (non-hydrogen) atoms. The molecular weight excluding hydrogens is 301 g/mol. The Bertz CT molecular complexity index is 267. The second-order valence-electron chi connectivity index (χ2n) is 5.54. The third-order valence-corrected chi connectivity index (χ3v) is 11.9. The van der Waals surface area contributed by atoms with Crippen LogP contribution in [0.4, 0.5) is 0 Å². The molecule has 0 amide bonds. The van der Waals surface area contributed by atoms with Crippen molar-refractivity contribution in [2.24, 2.45) is 0 Å². The molecule has 1 heterocycles. The molecule has 1 nitrogen and oxygen atoms in total. The standard InChI is InChI=1S/C6H10NSSi.3CH3.Sn/c1-9(2,3)6-7-4-5-8-6;;;;/h5H,1-3H3;3*1H3;. The van der Waals surface area contributed by atoms with E-state index >= 15 is 0 Å². The zero-order valence-electron chi connectivity index (χ0n) is 9.43. The van der Waals surface area contributed by atoms with Gasteiger partial charge < -0.3 is 0 Å². The van der Waals surface area contributed by atoms with Crippen LogP contribution < -0.4 is 8.34 Å². The van der Waals surface area contributed by atoms with E-state index in [-0.39, 0.29) is 0 Å². The summed E-state index contributed by atoms with van der Waals surface area (Å²) in [5, 5.41) is 2.31. The van der Waals surface area contributed by atoms with Crippen molar-refractivity contribution in [3.05, 3.63) is 5.38 Å². The Balaban J connectivity index is 3.01. The van der Waals surface area contributed by atoms with E-state index in [0.29, 0.717) is 0 Å². The van der Waals surface area contributed by atoms with Crippen molar-refractivity contribution in [2.75, 3.05) is 0 Å². The van der Waals surface area contributed by atoms with Gasteiger partial charge in [-0.2, -0.15) is 0 Å². The van der Waals surface area contributed by atoms with Gasteiger partial charge in [-0.15, -0.1) is 0 Å². The Kier molecular flexibility index (Phi) is 3.30. The Labute approximate surface area is 90.5 Å². The Hall–Kier alpha value is 0.646. The van der Waals surface area contributed by atoms with E-state index in [1.54, 1.807) is 0 Å². The minimum atomic E-state index is -1.87. The summed E-state index contributed by atoms with van der Waals surface area (Å²) in [5.41, 5.74) is 0. The van der Waals surface area contributed by atoms with Crippen molar-refractivity contribution in [3.8, 4) is 0 Å². The van der Waals surface area contributed by atoms with Crippen molar-refractivity contribution < 1.29 is 0 Å². The quantitative estimate of drug-likeness (QED) is 0.762. The first-order chi connectivity index (χ1) is 5.71. The molecule has 0 bridgehead atoms. The van der Waals surface area contributed by atoms with Crippen molar-refractivity contribution >= 4 is 46.1 Å². The molecule has 0 aliphatic rings. The Morgan fingerprint density at radius 3 is 2.00 bits per heavy atom. The average Bonchev–Trinajstić information content (AvgIpc) is 2.28. The van der Waals surface area contributed by atoms with Gasteiger partial charge in [0.1, 0.15) is 0 Å². The van der Waals surface area contributed by atoms with Gasteiger partial charge in [0.2, 0.25) is 0 Å². The van der Waals surface area contributed by atoms with E-state index in [1.807, 2.05) is 11.3 Å². The molecule has 4 heteroatoms. The van der Waals surface area contributed by atoms with Crippen LogP contribution in [0.3, 0.4) is 0 Å². The summed E-state index contributed by atoms with van der Waals surface area (Å²) in [7, 11) is -1.15. The molecule has 1 rings (SSSR count). The summed E-state index contributed by atoms with van der Waals surface area (Å²) in [6, 6.07) is 0. The van der Waals surface area contributed by atoms with Crippen LogP contribution in [0.5, 0.6) is 0 Å². The van der Waals surface area contributed by atoms with E-state index in [1.165, 1.54) is 8.34 Å². The van der Waals surface area contributed by atoms with E-state index < -0.39 is 26.5 Å². The summed E-state index contributed by atoms with van der Waals surface area (Å²) in [6.07, 6.45) is 0. The molecule has 0 unspecified atom stereocenters. The van der Waals surface area contributed by atoms with Gasteiger partial charge in [-0.3, -0.25) is 0 Å². The number of nitrogens with zero attached hydrogens (tertiary/aromatic N) is 1. The summed E-state index contributed by atoms with van der Waals surface area (Å²) in [5.74, 6) is 0. The maximum absolute atomic E-state index is 4.83. The van der Waals surface area contributed by atoms with Crippen LogP contribution in [0.15, 0.2) is 5.38 Å². The van der Waals surface area contributed by atoms with Gasteiger partial charge in [0.05, 0.1) is 0 Å². The number of hydrogen-bond donors (Lipinski definition) is 0. The molecule has 74 valence electrons. The van der Waals surface area contributed by atoms with Gasteiger partial charge in [-0.05, 0) is 0 Å². The molecule has 0 N–H and O–H groups in total. The molecule has 0 saturated heterocycles. The first kappa shape index (κ1) is 11.7. The van der Waals surface area contributed by atoms with Crippen molar-refractivity contribution in [2.45, 2.75) is 34.5 Å². The molecular formula is C9H19NSSiSn. The molecule has 1 aromatic heterocycles. The first-order valence-corrected chi connectivity index (χ1v) is 19.0. The van der Waals surface area contributed by atoms with Gasteiger partial charge in [0.25, 0.3) is 0 Å². The zero-order chi connectivity index (χ0) is 10.3. The van der Waals surface area contributed by atoms with E-state index in [2.05, 4.69) is 39.8 Å². The van der Waals surface area contributed by atoms with Crippen LogP contribution in [0.25, 0.3) is 0 Å². The van der Waals surface area contributed by atoms with E-state index in [9.17, 15) is 0 Å². The fourth-order valence-electron chi connectivity index (χ4n) is 0.963. The second-order valence-corrected chi connectivity index (χ2v) is 26.0. The fourth-order valence-corrected chi connectivity index (χ4v) is 9.15. The normalized spacial score (nSPS) is 13.4.